The van der Waals surface area contributed by atoms with Crippen LogP contribution in [0.2, 0.25) is 0 Å². The minimum atomic E-state index is -1.67. The van der Waals surface area contributed by atoms with Gasteiger partial charge >= 0.3 is 0 Å². The number of thiophene rings is 1. The van der Waals surface area contributed by atoms with E-state index in [1.165, 1.54) is 0 Å². The Morgan fingerprint density at radius 3 is 2.56 bits per heavy atom. The van der Waals surface area contributed by atoms with Crippen molar-refractivity contribution < 1.29 is 27.7 Å². The van der Waals surface area contributed by atoms with Crippen molar-refractivity contribution in [3.63, 3.8) is 0 Å². The van der Waals surface area contributed by atoms with Crippen LogP contribution in [0.3, 0.4) is 0 Å². The Morgan fingerprint density at radius 1 is 1.12 bits per heavy atom. The van der Waals surface area contributed by atoms with Crippen LogP contribution in [0, 0.1) is 17.5 Å². The molecule has 1 heterocycles. The Kier molecular flexibility index (Phi) is 6.54. The Bertz CT molecular complexity index is 753. The molecule has 2 aromatic rings. The number of halogens is 3. The maximum absolute atomic E-state index is 13.5. The molecular weight excluding hydrogens is 355 g/mol. The zero-order valence-corrected chi connectivity index (χ0v) is 14.2. The summed E-state index contributed by atoms with van der Waals surface area (Å²) in [6, 6.07) is 5.51. The number of nitrogens with one attached hydrogen (secondary N) is 3. The molecule has 9 heteroatoms. The number of amides is 2. The van der Waals surface area contributed by atoms with Crippen LogP contribution in [0.15, 0.2) is 29.6 Å². The van der Waals surface area contributed by atoms with Crippen molar-refractivity contribution in [3.8, 4) is 0 Å². The molecule has 3 N–H and O–H groups in total. The molecule has 0 fully saturated rings. The summed E-state index contributed by atoms with van der Waals surface area (Å²) < 4.78 is 39.4. The van der Waals surface area contributed by atoms with Crippen LogP contribution in [0.25, 0.3) is 0 Å². The second-order valence-corrected chi connectivity index (χ2v) is 6.47. The average Bonchev–Trinajstić information content (AvgIpc) is 3.06. The quantitative estimate of drug-likeness (QED) is 0.634. The summed E-state index contributed by atoms with van der Waals surface area (Å²) >= 11 is 1.59. The summed E-state index contributed by atoms with van der Waals surface area (Å²) in [4.78, 5) is 25.6. The molecule has 0 radical (unpaired) electrons. The van der Waals surface area contributed by atoms with E-state index in [1.54, 1.807) is 11.3 Å². The molecule has 134 valence electrons. The molecule has 0 saturated carbocycles. The first-order valence-corrected chi connectivity index (χ1v) is 8.28. The molecule has 1 aromatic heterocycles. The van der Waals surface area contributed by atoms with Crippen LogP contribution in [0.5, 0.6) is 0 Å². The number of hydrogen-bond acceptors (Lipinski definition) is 3. The smallest absolute Gasteiger partial charge is 0.275 e. The Labute approximate surface area is 146 Å². The van der Waals surface area contributed by atoms with E-state index in [1.807, 2.05) is 24.6 Å². The van der Waals surface area contributed by atoms with Gasteiger partial charge in [0, 0.05) is 0 Å². The van der Waals surface area contributed by atoms with Crippen molar-refractivity contribution >= 4 is 28.8 Å². The molecule has 5 nitrogen and oxygen atoms in total. The van der Waals surface area contributed by atoms with Gasteiger partial charge in [-0.2, -0.15) is 0 Å². The number of carbonyl (C=O) groups is 2. The summed E-state index contributed by atoms with van der Waals surface area (Å²) in [7, 11) is 1.84. The van der Waals surface area contributed by atoms with Gasteiger partial charge in [0.05, 0.1) is 24.2 Å². The minimum absolute atomic E-state index is 0.157. The molecule has 1 aromatic carbocycles. The normalized spacial score (nSPS) is 11.8. The van der Waals surface area contributed by atoms with Gasteiger partial charge in [0.2, 0.25) is 5.91 Å². The first-order valence-electron chi connectivity index (χ1n) is 7.40. The van der Waals surface area contributed by atoms with Gasteiger partial charge in [-0.15, -0.1) is 11.3 Å². The molecule has 0 spiro atoms. The van der Waals surface area contributed by atoms with E-state index in [9.17, 15) is 22.8 Å². The third-order valence-electron chi connectivity index (χ3n) is 3.27. The number of likely N-dealkylation sites (N-methyl/N-ethyl adjacent to an activating group) is 1. The fourth-order valence-electron chi connectivity index (χ4n) is 2.11. The predicted molar refractivity (Wildman–Crippen MR) is 87.7 cm³/mol. The zero-order valence-electron chi connectivity index (χ0n) is 13.4. The van der Waals surface area contributed by atoms with Gasteiger partial charge in [-0.1, -0.05) is 6.07 Å². The largest absolute Gasteiger partial charge is 0.342 e. The van der Waals surface area contributed by atoms with Crippen LogP contribution < -0.4 is 15.5 Å². The molecule has 2 amide bonds. The molecule has 0 bridgehead atoms. The van der Waals surface area contributed by atoms with Gasteiger partial charge < -0.3 is 15.5 Å². The lowest BCUT2D eigenvalue weighted by Gasteiger charge is -2.13. The SMILES string of the molecule is C[NH+](CC(=O)NCC(=O)Nc1ccc(F)c(F)c1F)Cc1cccs1. The van der Waals surface area contributed by atoms with Crippen LogP contribution in [-0.2, 0) is 16.1 Å². The highest BCUT2D eigenvalue weighted by molar-refractivity contribution is 7.09. The molecule has 0 aliphatic carbocycles. The number of anilines is 1. The first-order chi connectivity index (χ1) is 11.9. The standard InChI is InChI=1S/C16H16F3N3O2S/c1-22(8-10-3-2-6-25-10)9-14(24)20-7-13(23)21-12-5-4-11(17)15(18)16(12)19/h2-6H,7-9H2,1H3,(H,20,24)(H,21,23)/p+1. The highest BCUT2D eigenvalue weighted by atomic mass is 32.1. The number of hydrogen-bond donors (Lipinski definition) is 3. The van der Waals surface area contributed by atoms with Crippen molar-refractivity contribution in [3.05, 3.63) is 52.0 Å². The third kappa shape index (κ3) is 5.57. The van der Waals surface area contributed by atoms with E-state index in [0.717, 1.165) is 15.8 Å². The molecule has 0 aliphatic heterocycles. The van der Waals surface area contributed by atoms with E-state index >= 15 is 0 Å². The summed E-state index contributed by atoms with van der Waals surface area (Å²) in [5.41, 5.74) is -0.487. The molecule has 25 heavy (non-hydrogen) atoms. The fourth-order valence-corrected chi connectivity index (χ4v) is 2.92. The fraction of sp³-hybridized carbons (Fsp3) is 0.250. The van der Waals surface area contributed by atoms with Crippen molar-refractivity contribution in [2.75, 3.05) is 25.5 Å². The molecule has 1 atom stereocenters. The van der Waals surface area contributed by atoms with Crippen LogP contribution in [0.4, 0.5) is 18.9 Å². The minimum Gasteiger partial charge on any atom is -0.342 e. The maximum atomic E-state index is 13.5. The monoisotopic (exact) mass is 372 g/mol. The van der Waals surface area contributed by atoms with Gasteiger partial charge in [-0.25, -0.2) is 13.2 Å². The predicted octanol–water partition coefficient (Wildman–Crippen LogP) is 0.935. The Hall–Kier alpha value is -2.39. The molecule has 0 saturated heterocycles. The highest BCUT2D eigenvalue weighted by Gasteiger charge is 2.16. The lowest BCUT2D eigenvalue weighted by Crippen LogP contribution is -3.08. The number of benzene rings is 1. The number of carbonyl (C=O) groups excluding carboxylic acids is 2. The van der Waals surface area contributed by atoms with E-state index in [0.29, 0.717) is 12.6 Å². The molecule has 1 unspecified atom stereocenters. The van der Waals surface area contributed by atoms with Crippen molar-refractivity contribution in [2.45, 2.75) is 6.54 Å². The summed E-state index contributed by atoms with van der Waals surface area (Å²) in [5, 5.41) is 6.43. The lowest BCUT2D eigenvalue weighted by atomic mass is 10.2. The Balaban J connectivity index is 1.77. The molecule has 2 rings (SSSR count). The lowest BCUT2D eigenvalue weighted by molar-refractivity contribution is -0.885. The van der Waals surface area contributed by atoms with Gasteiger partial charge in [-0.3, -0.25) is 9.59 Å². The second kappa shape index (κ2) is 8.63. The summed E-state index contributed by atoms with van der Waals surface area (Å²) in [5.74, 6) is -5.59. The zero-order chi connectivity index (χ0) is 18.4. The highest BCUT2D eigenvalue weighted by Crippen LogP contribution is 2.19. The van der Waals surface area contributed by atoms with E-state index in [2.05, 4.69) is 10.6 Å². The number of rotatable bonds is 7. The average molecular weight is 372 g/mol. The van der Waals surface area contributed by atoms with Crippen LogP contribution in [-0.4, -0.2) is 32.0 Å². The number of quaternary nitrogens is 1. The third-order valence-corrected chi connectivity index (χ3v) is 4.15. The van der Waals surface area contributed by atoms with Crippen molar-refractivity contribution in [1.29, 1.82) is 0 Å². The van der Waals surface area contributed by atoms with Gasteiger partial charge in [0.15, 0.2) is 24.0 Å². The van der Waals surface area contributed by atoms with Gasteiger partial charge in [0.25, 0.3) is 5.91 Å². The second-order valence-electron chi connectivity index (χ2n) is 5.44. The van der Waals surface area contributed by atoms with Crippen LogP contribution in [0.1, 0.15) is 4.88 Å². The molecule has 0 aliphatic rings. The van der Waals surface area contributed by atoms with Crippen LogP contribution >= 0.6 is 11.3 Å². The summed E-state index contributed by atoms with van der Waals surface area (Å²) in [6.07, 6.45) is 0. The van der Waals surface area contributed by atoms with Crippen molar-refractivity contribution in [1.82, 2.24) is 5.32 Å². The first kappa shape index (κ1) is 18.9. The topological polar surface area (TPSA) is 62.6 Å². The van der Waals surface area contributed by atoms with E-state index in [-0.39, 0.29) is 12.5 Å². The van der Waals surface area contributed by atoms with E-state index < -0.39 is 35.6 Å². The van der Waals surface area contributed by atoms with Crippen molar-refractivity contribution in [2.24, 2.45) is 0 Å². The van der Waals surface area contributed by atoms with E-state index in [4.69, 9.17) is 0 Å². The Morgan fingerprint density at radius 2 is 1.88 bits per heavy atom. The molecular formula is C16H17F3N3O2S+. The maximum Gasteiger partial charge on any atom is 0.275 e. The van der Waals surface area contributed by atoms with Gasteiger partial charge in [-0.05, 0) is 23.6 Å². The van der Waals surface area contributed by atoms with Gasteiger partial charge in [0.1, 0.15) is 6.54 Å². The summed E-state index contributed by atoms with van der Waals surface area (Å²) in [6.45, 7) is 0.436.